The van der Waals surface area contributed by atoms with E-state index < -0.39 is 17.5 Å². The smallest absolute Gasteiger partial charge is 0.290 e. The predicted molar refractivity (Wildman–Crippen MR) is 130 cm³/mol. The molecular weight excluding hydrogens is 472 g/mol. The summed E-state index contributed by atoms with van der Waals surface area (Å²) in [5, 5.41) is 6.89. The molecule has 0 unspecified atom stereocenters. The van der Waals surface area contributed by atoms with Crippen LogP contribution in [-0.2, 0) is 9.59 Å². The van der Waals surface area contributed by atoms with Gasteiger partial charge in [0, 0.05) is 44.0 Å². The van der Waals surface area contributed by atoms with E-state index in [0.717, 1.165) is 49.5 Å². The fourth-order valence-corrected chi connectivity index (χ4v) is 4.36. The van der Waals surface area contributed by atoms with Gasteiger partial charge in [0.15, 0.2) is 0 Å². The number of amides is 2. The summed E-state index contributed by atoms with van der Waals surface area (Å²) in [5.41, 5.74) is 0.486. The highest BCUT2D eigenvalue weighted by Crippen LogP contribution is 2.25. The number of halogens is 2. The van der Waals surface area contributed by atoms with Crippen molar-refractivity contribution in [3.05, 3.63) is 59.7 Å². The second kappa shape index (κ2) is 12.4. The van der Waals surface area contributed by atoms with Gasteiger partial charge in [-0.25, -0.2) is 8.78 Å². The zero-order valence-electron chi connectivity index (χ0n) is 20.4. The van der Waals surface area contributed by atoms with Crippen LogP contribution >= 0.6 is 0 Å². The molecule has 2 amide bonds. The highest BCUT2D eigenvalue weighted by atomic mass is 19.1. The first kappa shape index (κ1) is 27.1. The van der Waals surface area contributed by atoms with Gasteiger partial charge in [0.2, 0.25) is 5.91 Å². The minimum absolute atomic E-state index is 0.164. The molecule has 0 bridgehead atoms. The van der Waals surface area contributed by atoms with Gasteiger partial charge in [-0.1, -0.05) is 0 Å². The number of carboxylic acid groups (broad SMARTS) is 1. The molecular formula is C26H31F2N3O5. The van der Waals surface area contributed by atoms with Crippen LogP contribution in [0.4, 0.5) is 14.5 Å². The first-order valence-electron chi connectivity index (χ1n) is 11.9. The summed E-state index contributed by atoms with van der Waals surface area (Å²) in [6.07, 6.45) is 2.17. The van der Waals surface area contributed by atoms with Crippen LogP contribution in [0.1, 0.15) is 37.0 Å². The second-order valence-corrected chi connectivity index (χ2v) is 8.94. The highest BCUT2D eigenvalue weighted by Gasteiger charge is 2.30. The second-order valence-electron chi connectivity index (χ2n) is 8.94. The van der Waals surface area contributed by atoms with Crippen molar-refractivity contribution in [3.8, 4) is 5.75 Å². The van der Waals surface area contributed by atoms with Gasteiger partial charge in [0.25, 0.3) is 12.4 Å². The standard InChI is InChI=1S/C25H29F2N3O3.CH2O2/c1-17(2)28-11-9-21(10-12-28)33-20-6-4-19(5-7-20)30-14-13-29(16-24(30)31)25(32)22-8-3-18(26)15-23(22)27;2-1-3/h3-8,15,17,21H,9-14,16H2,1-2H3;1H,(H,2,3). The van der Waals surface area contributed by atoms with E-state index in [4.69, 9.17) is 14.6 Å². The average molecular weight is 504 g/mol. The van der Waals surface area contributed by atoms with E-state index in [1.54, 1.807) is 4.90 Å². The van der Waals surface area contributed by atoms with Crippen molar-refractivity contribution in [1.82, 2.24) is 9.80 Å². The normalized spacial score (nSPS) is 17.0. The van der Waals surface area contributed by atoms with Crippen molar-refractivity contribution in [1.29, 1.82) is 0 Å². The highest BCUT2D eigenvalue weighted by molar-refractivity contribution is 6.01. The van der Waals surface area contributed by atoms with Crippen molar-refractivity contribution in [2.75, 3.05) is 37.6 Å². The molecule has 2 aliphatic rings. The van der Waals surface area contributed by atoms with E-state index in [0.29, 0.717) is 18.7 Å². The Hall–Kier alpha value is -3.53. The Morgan fingerprint density at radius 3 is 2.25 bits per heavy atom. The van der Waals surface area contributed by atoms with Crippen LogP contribution in [-0.4, -0.2) is 78.1 Å². The molecule has 2 aliphatic heterocycles. The SMILES string of the molecule is CC(C)N1CCC(Oc2ccc(N3CCN(C(=O)c4ccc(F)cc4F)CC3=O)cc2)CC1.O=CO. The molecule has 2 aromatic carbocycles. The molecule has 0 atom stereocenters. The average Bonchev–Trinajstić information content (AvgIpc) is 2.85. The number of likely N-dealkylation sites (tertiary alicyclic amines) is 1. The number of rotatable bonds is 5. The summed E-state index contributed by atoms with van der Waals surface area (Å²) in [6.45, 7) is 6.60. The third-order valence-electron chi connectivity index (χ3n) is 6.33. The van der Waals surface area contributed by atoms with Crippen LogP contribution < -0.4 is 9.64 Å². The first-order chi connectivity index (χ1) is 17.2. The van der Waals surface area contributed by atoms with Gasteiger partial charge in [-0.3, -0.25) is 14.4 Å². The van der Waals surface area contributed by atoms with Gasteiger partial charge in [-0.15, -0.1) is 0 Å². The minimum atomic E-state index is -0.930. The monoisotopic (exact) mass is 503 g/mol. The summed E-state index contributed by atoms with van der Waals surface area (Å²) < 4.78 is 33.2. The van der Waals surface area contributed by atoms with Crippen molar-refractivity contribution in [2.24, 2.45) is 0 Å². The predicted octanol–water partition coefficient (Wildman–Crippen LogP) is 3.41. The molecule has 4 rings (SSSR count). The maximum absolute atomic E-state index is 14.0. The van der Waals surface area contributed by atoms with E-state index in [2.05, 4.69) is 18.7 Å². The lowest BCUT2D eigenvalue weighted by Gasteiger charge is -2.35. The van der Waals surface area contributed by atoms with Crippen molar-refractivity contribution >= 4 is 24.0 Å². The Balaban J connectivity index is 0.00000115. The number of nitrogens with zero attached hydrogens (tertiary/aromatic N) is 3. The molecule has 2 aromatic rings. The van der Waals surface area contributed by atoms with Gasteiger partial charge in [0.1, 0.15) is 30.0 Å². The molecule has 0 aromatic heterocycles. The molecule has 2 heterocycles. The summed E-state index contributed by atoms with van der Waals surface area (Å²) in [5.74, 6) is -1.78. The lowest BCUT2D eigenvalue weighted by atomic mass is 10.1. The molecule has 0 radical (unpaired) electrons. The summed E-state index contributed by atoms with van der Waals surface area (Å²) >= 11 is 0. The van der Waals surface area contributed by atoms with Crippen LogP contribution in [0.15, 0.2) is 42.5 Å². The number of ether oxygens (including phenoxy) is 1. The van der Waals surface area contributed by atoms with Crippen LogP contribution in [0.3, 0.4) is 0 Å². The zero-order valence-corrected chi connectivity index (χ0v) is 20.4. The van der Waals surface area contributed by atoms with Crippen LogP contribution in [0.25, 0.3) is 0 Å². The molecule has 8 nitrogen and oxygen atoms in total. The van der Waals surface area contributed by atoms with Crippen LogP contribution in [0.2, 0.25) is 0 Å². The Morgan fingerprint density at radius 1 is 1.06 bits per heavy atom. The molecule has 0 aliphatic carbocycles. The number of anilines is 1. The quantitative estimate of drug-likeness (QED) is 0.629. The number of piperidine rings is 1. The van der Waals surface area contributed by atoms with Gasteiger partial charge < -0.3 is 24.5 Å². The number of hydrogen-bond donors (Lipinski definition) is 1. The number of hydrogen-bond acceptors (Lipinski definition) is 5. The van der Waals surface area contributed by atoms with Crippen molar-refractivity contribution in [3.63, 3.8) is 0 Å². The number of benzene rings is 2. The van der Waals surface area contributed by atoms with E-state index in [-0.39, 0.29) is 37.1 Å². The molecule has 2 fully saturated rings. The molecule has 10 heteroatoms. The van der Waals surface area contributed by atoms with Crippen molar-refractivity contribution < 1.29 is 33.0 Å². The number of carbonyl (C=O) groups is 3. The van der Waals surface area contributed by atoms with Crippen molar-refractivity contribution in [2.45, 2.75) is 38.8 Å². The van der Waals surface area contributed by atoms with Crippen LogP contribution in [0, 0.1) is 11.6 Å². The fourth-order valence-electron chi connectivity index (χ4n) is 4.36. The first-order valence-corrected chi connectivity index (χ1v) is 11.9. The fraction of sp³-hybridized carbons (Fsp3) is 0.423. The van der Waals surface area contributed by atoms with E-state index in [1.165, 1.54) is 4.90 Å². The maximum Gasteiger partial charge on any atom is 0.290 e. The molecule has 0 saturated carbocycles. The van der Waals surface area contributed by atoms with Gasteiger partial charge in [-0.2, -0.15) is 0 Å². The Morgan fingerprint density at radius 2 is 1.69 bits per heavy atom. The third-order valence-corrected chi connectivity index (χ3v) is 6.33. The lowest BCUT2D eigenvalue weighted by molar-refractivity contribution is -0.123. The van der Waals surface area contributed by atoms with Crippen LogP contribution in [0.5, 0.6) is 5.75 Å². The Kier molecular flexibility index (Phi) is 9.35. The van der Waals surface area contributed by atoms with Gasteiger partial charge in [-0.05, 0) is 63.1 Å². The molecule has 194 valence electrons. The van der Waals surface area contributed by atoms with Gasteiger partial charge in [0.05, 0.1) is 5.56 Å². The maximum atomic E-state index is 14.0. The summed E-state index contributed by atoms with van der Waals surface area (Å²) in [6, 6.07) is 10.8. The minimum Gasteiger partial charge on any atom is -0.490 e. The molecule has 1 N–H and O–H groups in total. The molecule has 36 heavy (non-hydrogen) atoms. The molecule has 0 spiro atoms. The molecule has 2 saturated heterocycles. The number of carbonyl (C=O) groups excluding carboxylic acids is 2. The Bertz CT molecular complexity index is 1060. The van der Waals surface area contributed by atoms with E-state index in [9.17, 15) is 18.4 Å². The third kappa shape index (κ3) is 6.78. The van der Waals surface area contributed by atoms with E-state index in [1.807, 2.05) is 24.3 Å². The van der Waals surface area contributed by atoms with Gasteiger partial charge >= 0.3 is 0 Å². The zero-order chi connectivity index (χ0) is 26.2. The number of piperazine rings is 1. The largest absolute Gasteiger partial charge is 0.490 e. The lowest BCUT2D eigenvalue weighted by Crippen LogP contribution is -2.52. The van der Waals surface area contributed by atoms with E-state index >= 15 is 0 Å². The topological polar surface area (TPSA) is 90.4 Å². The summed E-state index contributed by atoms with van der Waals surface area (Å²) in [4.78, 5) is 39.0. The summed E-state index contributed by atoms with van der Waals surface area (Å²) in [7, 11) is 0. The Labute approximate surface area is 209 Å².